The average molecular weight is 314 g/mol. The highest BCUT2D eigenvalue weighted by Crippen LogP contribution is 2.28. The maximum atomic E-state index is 12.6. The van der Waals surface area contributed by atoms with E-state index >= 15 is 0 Å². The van der Waals surface area contributed by atoms with Crippen LogP contribution in [0, 0.1) is 0 Å². The molecule has 0 atom stereocenters. The first-order valence-corrected chi connectivity index (χ1v) is 7.36. The van der Waals surface area contributed by atoms with E-state index in [4.69, 9.17) is 0 Å². The molecule has 23 heavy (non-hydrogen) atoms. The number of ether oxygens (including phenoxy) is 1. The molecule has 5 heteroatoms. The number of halogens is 2. The first-order valence-electron chi connectivity index (χ1n) is 7.36. The van der Waals surface area contributed by atoms with Crippen molar-refractivity contribution in [3.8, 4) is 17.3 Å². The molecule has 0 saturated heterocycles. The lowest BCUT2D eigenvalue weighted by atomic mass is 10.0. The van der Waals surface area contributed by atoms with E-state index in [1.54, 1.807) is 24.3 Å². The molecule has 0 amide bonds. The molecule has 1 aromatic heterocycles. The van der Waals surface area contributed by atoms with Crippen LogP contribution in [-0.4, -0.2) is 16.6 Å². The van der Waals surface area contributed by atoms with E-state index in [0.717, 1.165) is 5.56 Å². The second-order valence-corrected chi connectivity index (χ2v) is 5.52. The Kier molecular flexibility index (Phi) is 4.19. The predicted octanol–water partition coefficient (Wildman–Crippen LogP) is 5.02. The summed E-state index contributed by atoms with van der Waals surface area (Å²) in [7, 11) is 0. The summed E-state index contributed by atoms with van der Waals surface area (Å²) in [5.74, 6) is 0.683. The minimum absolute atomic E-state index is 0.103. The van der Waals surface area contributed by atoms with Crippen LogP contribution in [0.25, 0.3) is 22.3 Å². The van der Waals surface area contributed by atoms with E-state index in [1.165, 1.54) is 5.56 Å². The van der Waals surface area contributed by atoms with Gasteiger partial charge in [-0.2, -0.15) is 13.8 Å². The van der Waals surface area contributed by atoms with Gasteiger partial charge in [-0.3, -0.25) is 0 Å². The topological polar surface area (TPSA) is 35.0 Å². The van der Waals surface area contributed by atoms with Crippen molar-refractivity contribution < 1.29 is 13.5 Å². The van der Waals surface area contributed by atoms with Crippen LogP contribution in [0.3, 0.4) is 0 Å². The lowest BCUT2D eigenvalue weighted by Crippen LogP contribution is -2.05. The Bertz CT molecular complexity index is 817. The van der Waals surface area contributed by atoms with Crippen molar-refractivity contribution in [2.75, 3.05) is 0 Å². The minimum atomic E-state index is -2.93. The molecule has 0 fully saturated rings. The Morgan fingerprint density at radius 1 is 0.913 bits per heavy atom. The number of para-hydroxylation sites is 1. The van der Waals surface area contributed by atoms with Gasteiger partial charge >= 0.3 is 6.61 Å². The van der Waals surface area contributed by atoms with Gasteiger partial charge in [-0.15, -0.1) is 0 Å². The van der Waals surface area contributed by atoms with Gasteiger partial charge in [-0.05, 0) is 23.6 Å². The Morgan fingerprint density at radius 2 is 1.61 bits per heavy atom. The molecule has 0 aliphatic rings. The van der Waals surface area contributed by atoms with Crippen LogP contribution in [0.15, 0.2) is 48.5 Å². The molecule has 0 radical (unpaired) electrons. The highest BCUT2D eigenvalue weighted by Gasteiger charge is 2.14. The zero-order valence-corrected chi connectivity index (χ0v) is 12.8. The molecular weight excluding hydrogens is 298 g/mol. The molecule has 1 heterocycles. The molecule has 0 aliphatic heterocycles. The van der Waals surface area contributed by atoms with Crippen molar-refractivity contribution in [3.63, 3.8) is 0 Å². The average Bonchev–Trinajstić information content (AvgIpc) is 2.54. The van der Waals surface area contributed by atoms with E-state index in [0.29, 0.717) is 22.6 Å². The number of fused-ring (bicyclic) bond motifs is 1. The second kappa shape index (κ2) is 6.28. The highest BCUT2D eigenvalue weighted by molar-refractivity contribution is 5.85. The fourth-order valence-electron chi connectivity index (χ4n) is 2.37. The Morgan fingerprint density at radius 3 is 2.26 bits per heavy atom. The Balaban J connectivity index is 2.10. The molecule has 0 aliphatic carbocycles. The lowest BCUT2D eigenvalue weighted by Gasteiger charge is -2.10. The summed E-state index contributed by atoms with van der Waals surface area (Å²) in [5, 5.41) is 0.468. The van der Waals surface area contributed by atoms with E-state index in [2.05, 4.69) is 28.6 Å². The highest BCUT2D eigenvalue weighted by atomic mass is 19.3. The predicted molar refractivity (Wildman–Crippen MR) is 85.7 cm³/mol. The van der Waals surface area contributed by atoms with Crippen molar-refractivity contribution in [1.29, 1.82) is 0 Å². The van der Waals surface area contributed by atoms with Gasteiger partial charge in [0.05, 0.1) is 10.9 Å². The third-order valence-electron chi connectivity index (χ3n) is 3.60. The zero-order valence-electron chi connectivity index (χ0n) is 12.8. The zero-order chi connectivity index (χ0) is 16.4. The van der Waals surface area contributed by atoms with Gasteiger partial charge in [0.1, 0.15) is 0 Å². The third-order valence-corrected chi connectivity index (χ3v) is 3.60. The summed E-state index contributed by atoms with van der Waals surface area (Å²) in [6.07, 6.45) is 0. The number of nitrogens with zero attached hydrogens (tertiary/aromatic N) is 2. The molecule has 3 nitrogen and oxygen atoms in total. The SMILES string of the molecule is CC(C)c1ccc(-c2nc(OC(F)F)c3ccccc3n2)cc1. The van der Waals surface area contributed by atoms with Gasteiger partial charge in [-0.25, -0.2) is 4.98 Å². The molecule has 0 N–H and O–H groups in total. The van der Waals surface area contributed by atoms with Gasteiger partial charge in [-0.1, -0.05) is 50.2 Å². The van der Waals surface area contributed by atoms with E-state index in [1.807, 2.05) is 24.3 Å². The molecule has 0 bridgehead atoms. The van der Waals surface area contributed by atoms with Crippen LogP contribution >= 0.6 is 0 Å². The second-order valence-electron chi connectivity index (χ2n) is 5.52. The molecule has 3 aromatic rings. The van der Waals surface area contributed by atoms with Crippen LogP contribution in [0.5, 0.6) is 5.88 Å². The number of alkyl halides is 2. The van der Waals surface area contributed by atoms with Gasteiger partial charge in [0.2, 0.25) is 5.88 Å². The number of hydrogen-bond donors (Lipinski definition) is 0. The van der Waals surface area contributed by atoms with Crippen LogP contribution in [0.1, 0.15) is 25.3 Å². The largest absolute Gasteiger partial charge is 0.416 e. The Labute approximate surface area is 133 Å². The van der Waals surface area contributed by atoms with Crippen molar-refractivity contribution in [2.24, 2.45) is 0 Å². The molecule has 0 saturated carbocycles. The van der Waals surface area contributed by atoms with E-state index in [9.17, 15) is 8.78 Å². The first-order chi connectivity index (χ1) is 11.0. The number of rotatable bonds is 4. The summed E-state index contributed by atoms with van der Waals surface area (Å²) >= 11 is 0. The summed E-state index contributed by atoms with van der Waals surface area (Å²) in [6.45, 7) is 1.29. The summed E-state index contributed by atoms with van der Waals surface area (Å²) in [6, 6.07) is 14.7. The first kappa shape index (κ1) is 15.3. The van der Waals surface area contributed by atoms with Crippen molar-refractivity contribution >= 4 is 10.9 Å². The number of benzene rings is 2. The van der Waals surface area contributed by atoms with Gasteiger partial charge < -0.3 is 4.74 Å². The third kappa shape index (κ3) is 3.28. The van der Waals surface area contributed by atoms with Crippen LogP contribution < -0.4 is 4.74 Å². The fraction of sp³-hybridized carbons (Fsp3) is 0.222. The molecule has 0 unspecified atom stereocenters. The van der Waals surface area contributed by atoms with Crippen molar-refractivity contribution in [1.82, 2.24) is 9.97 Å². The summed E-state index contributed by atoms with van der Waals surface area (Å²) in [4.78, 5) is 8.62. The van der Waals surface area contributed by atoms with Crippen LogP contribution in [0.4, 0.5) is 8.78 Å². The maximum Gasteiger partial charge on any atom is 0.388 e. The smallest absolute Gasteiger partial charge is 0.388 e. The summed E-state index contributed by atoms with van der Waals surface area (Å²) in [5.41, 5.74) is 2.53. The van der Waals surface area contributed by atoms with Gasteiger partial charge in [0.15, 0.2) is 5.82 Å². The van der Waals surface area contributed by atoms with E-state index < -0.39 is 6.61 Å². The number of hydrogen-bond acceptors (Lipinski definition) is 3. The minimum Gasteiger partial charge on any atom is -0.416 e. The quantitative estimate of drug-likeness (QED) is 0.678. The van der Waals surface area contributed by atoms with Gasteiger partial charge in [0.25, 0.3) is 0 Å². The number of aromatic nitrogens is 2. The molecule has 118 valence electrons. The standard InChI is InChI=1S/C18H16F2N2O/c1-11(2)12-7-9-13(10-8-12)16-21-15-6-4-3-5-14(15)17(22-16)23-18(19)20/h3-11,18H,1-2H3. The fourth-order valence-corrected chi connectivity index (χ4v) is 2.37. The maximum absolute atomic E-state index is 12.6. The lowest BCUT2D eigenvalue weighted by molar-refractivity contribution is -0.0516. The molecule has 0 spiro atoms. The van der Waals surface area contributed by atoms with Crippen molar-refractivity contribution in [2.45, 2.75) is 26.4 Å². The van der Waals surface area contributed by atoms with Crippen LogP contribution in [-0.2, 0) is 0 Å². The molecule has 2 aromatic carbocycles. The van der Waals surface area contributed by atoms with E-state index in [-0.39, 0.29) is 5.88 Å². The monoisotopic (exact) mass is 314 g/mol. The Hall–Kier alpha value is -2.56. The summed E-state index contributed by atoms with van der Waals surface area (Å²) < 4.78 is 29.9. The normalized spacial score (nSPS) is 11.4. The van der Waals surface area contributed by atoms with Crippen LogP contribution in [0.2, 0.25) is 0 Å². The van der Waals surface area contributed by atoms with Gasteiger partial charge in [0, 0.05) is 5.56 Å². The molecular formula is C18H16F2N2O. The molecule has 3 rings (SSSR count). The van der Waals surface area contributed by atoms with Crippen molar-refractivity contribution in [3.05, 3.63) is 54.1 Å².